The summed E-state index contributed by atoms with van der Waals surface area (Å²) < 4.78 is 5.71. The van der Waals surface area contributed by atoms with Gasteiger partial charge in [-0.1, -0.05) is 43.2 Å². The number of guanidine groups is 1. The number of aryl methyl sites for hydroxylation is 1. The molecular formula is C19H25N3O. The smallest absolute Gasteiger partial charge is 0.193 e. The third-order valence-corrected chi connectivity index (χ3v) is 3.42. The largest absolute Gasteiger partial charge is 0.494 e. The molecule has 4 nitrogen and oxygen atoms in total. The van der Waals surface area contributed by atoms with E-state index >= 15 is 0 Å². The summed E-state index contributed by atoms with van der Waals surface area (Å²) in [6.07, 6.45) is 2.20. The van der Waals surface area contributed by atoms with Gasteiger partial charge >= 0.3 is 0 Å². The summed E-state index contributed by atoms with van der Waals surface area (Å²) in [5.74, 6) is 1.29. The van der Waals surface area contributed by atoms with Crippen LogP contribution in [0.1, 0.15) is 30.9 Å². The average molecular weight is 311 g/mol. The van der Waals surface area contributed by atoms with E-state index < -0.39 is 0 Å². The molecular weight excluding hydrogens is 286 g/mol. The first-order chi connectivity index (χ1) is 11.2. The van der Waals surface area contributed by atoms with Crippen molar-refractivity contribution in [1.29, 1.82) is 0 Å². The molecule has 0 spiro atoms. The predicted octanol–water partition coefficient (Wildman–Crippen LogP) is 4.10. The standard InChI is InChI=1S/C19H25N3O/c1-3-4-12-23-18-7-5-6-16(13-18)14-21-19(20)22-17-10-8-15(2)9-11-17/h5-11,13H,3-4,12,14H2,1-2H3,(H3,20,21,22). The SMILES string of the molecule is CCCCOc1cccc(CN=C(N)Nc2ccc(C)cc2)c1. The van der Waals surface area contributed by atoms with E-state index in [4.69, 9.17) is 10.5 Å². The van der Waals surface area contributed by atoms with Crippen LogP contribution in [0.3, 0.4) is 0 Å². The second-order valence-electron chi connectivity index (χ2n) is 5.54. The number of aliphatic imine (C=N–C) groups is 1. The molecule has 4 heteroatoms. The molecule has 0 heterocycles. The van der Waals surface area contributed by atoms with Gasteiger partial charge in [0, 0.05) is 5.69 Å². The predicted molar refractivity (Wildman–Crippen MR) is 97.0 cm³/mol. The van der Waals surface area contributed by atoms with Gasteiger partial charge in [-0.3, -0.25) is 0 Å². The summed E-state index contributed by atoms with van der Waals surface area (Å²) in [6, 6.07) is 16.0. The molecule has 23 heavy (non-hydrogen) atoms. The molecule has 0 saturated carbocycles. The summed E-state index contributed by atoms with van der Waals surface area (Å²) >= 11 is 0. The molecule has 0 aliphatic rings. The zero-order valence-corrected chi connectivity index (χ0v) is 13.9. The molecule has 122 valence electrons. The van der Waals surface area contributed by atoms with Crippen molar-refractivity contribution < 1.29 is 4.74 Å². The maximum absolute atomic E-state index is 5.94. The van der Waals surface area contributed by atoms with Gasteiger partial charge in [-0.25, -0.2) is 4.99 Å². The number of hydrogen-bond donors (Lipinski definition) is 2. The number of nitrogens with zero attached hydrogens (tertiary/aromatic N) is 1. The van der Waals surface area contributed by atoms with Crippen LogP contribution in [0, 0.1) is 6.92 Å². The van der Waals surface area contributed by atoms with E-state index in [1.54, 1.807) is 0 Å². The van der Waals surface area contributed by atoms with Gasteiger partial charge in [0.1, 0.15) is 5.75 Å². The highest BCUT2D eigenvalue weighted by molar-refractivity contribution is 5.92. The molecule has 0 unspecified atom stereocenters. The number of rotatable bonds is 7. The lowest BCUT2D eigenvalue weighted by Gasteiger charge is -2.08. The summed E-state index contributed by atoms with van der Waals surface area (Å²) in [5, 5.41) is 3.09. The molecule has 0 fully saturated rings. The van der Waals surface area contributed by atoms with Gasteiger partial charge in [0.25, 0.3) is 0 Å². The van der Waals surface area contributed by atoms with Crippen molar-refractivity contribution in [2.45, 2.75) is 33.2 Å². The van der Waals surface area contributed by atoms with Crippen molar-refractivity contribution in [3.63, 3.8) is 0 Å². The van der Waals surface area contributed by atoms with Crippen LogP contribution in [0.25, 0.3) is 0 Å². The quantitative estimate of drug-likeness (QED) is 0.460. The number of unbranched alkanes of at least 4 members (excludes halogenated alkanes) is 1. The first-order valence-corrected chi connectivity index (χ1v) is 8.02. The lowest BCUT2D eigenvalue weighted by atomic mass is 10.2. The lowest BCUT2D eigenvalue weighted by Crippen LogP contribution is -2.22. The lowest BCUT2D eigenvalue weighted by molar-refractivity contribution is 0.309. The van der Waals surface area contributed by atoms with E-state index in [-0.39, 0.29) is 0 Å². The maximum Gasteiger partial charge on any atom is 0.193 e. The van der Waals surface area contributed by atoms with Crippen LogP contribution >= 0.6 is 0 Å². The van der Waals surface area contributed by atoms with Crippen LogP contribution in [0.5, 0.6) is 5.75 Å². The summed E-state index contributed by atoms with van der Waals surface area (Å²) in [6.45, 7) is 5.48. The van der Waals surface area contributed by atoms with Crippen molar-refractivity contribution >= 4 is 11.6 Å². The van der Waals surface area contributed by atoms with Crippen molar-refractivity contribution in [2.75, 3.05) is 11.9 Å². The second kappa shape index (κ2) is 8.83. The van der Waals surface area contributed by atoms with E-state index in [9.17, 15) is 0 Å². The molecule has 0 aliphatic heterocycles. The number of benzene rings is 2. The second-order valence-corrected chi connectivity index (χ2v) is 5.54. The van der Waals surface area contributed by atoms with Gasteiger partial charge in [0.05, 0.1) is 13.2 Å². The molecule has 0 amide bonds. The number of hydrogen-bond acceptors (Lipinski definition) is 2. The van der Waals surface area contributed by atoms with Crippen molar-refractivity contribution in [1.82, 2.24) is 0 Å². The molecule has 0 saturated heterocycles. The van der Waals surface area contributed by atoms with Crippen LogP contribution in [0.2, 0.25) is 0 Å². The molecule has 2 rings (SSSR count). The average Bonchev–Trinajstić information content (AvgIpc) is 2.56. The van der Waals surface area contributed by atoms with Crippen LogP contribution in [0.15, 0.2) is 53.5 Å². The molecule has 3 N–H and O–H groups in total. The van der Waals surface area contributed by atoms with Crippen LogP contribution < -0.4 is 15.8 Å². The summed E-state index contributed by atoms with van der Waals surface area (Å²) in [7, 11) is 0. The monoisotopic (exact) mass is 311 g/mol. The Morgan fingerprint density at radius 3 is 2.70 bits per heavy atom. The van der Waals surface area contributed by atoms with E-state index in [1.807, 2.05) is 48.5 Å². The molecule has 0 radical (unpaired) electrons. The van der Waals surface area contributed by atoms with Crippen LogP contribution in [-0.2, 0) is 6.54 Å². The first-order valence-electron chi connectivity index (χ1n) is 8.02. The minimum absolute atomic E-state index is 0.408. The van der Waals surface area contributed by atoms with E-state index in [0.29, 0.717) is 12.5 Å². The molecule has 2 aromatic carbocycles. The maximum atomic E-state index is 5.94. The van der Waals surface area contributed by atoms with Gasteiger partial charge in [-0.2, -0.15) is 0 Å². The Morgan fingerprint density at radius 2 is 1.96 bits per heavy atom. The molecule has 2 aromatic rings. The van der Waals surface area contributed by atoms with Crippen LogP contribution in [-0.4, -0.2) is 12.6 Å². The number of ether oxygens (including phenoxy) is 1. The van der Waals surface area contributed by atoms with E-state index in [0.717, 1.165) is 36.4 Å². The highest BCUT2D eigenvalue weighted by Gasteiger charge is 1.98. The third kappa shape index (κ3) is 6.02. The zero-order chi connectivity index (χ0) is 16.5. The Labute approximate surface area is 138 Å². The van der Waals surface area contributed by atoms with Crippen molar-refractivity contribution in [3.8, 4) is 5.75 Å². The normalized spacial score (nSPS) is 11.3. The van der Waals surface area contributed by atoms with Gasteiger partial charge < -0.3 is 15.8 Å². The molecule has 0 aromatic heterocycles. The highest BCUT2D eigenvalue weighted by Crippen LogP contribution is 2.15. The minimum atomic E-state index is 0.408. The molecule has 0 atom stereocenters. The Kier molecular flexibility index (Phi) is 6.48. The fraction of sp³-hybridized carbons (Fsp3) is 0.316. The number of anilines is 1. The Morgan fingerprint density at radius 1 is 1.17 bits per heavy atom. The number of nitrogens with one attached hydrogen (secondary N) is 1. The van der Waals surface area contributed by atoms with Gasteiger partial charge in [0.15, 0.2) is 5.96 Å². The molecule has 0 aliphatic carbocycles. The highest BCUT2D eigenvalue weighted by atomic mass is 16.5. The first kappa shape index (κ1) is 16.9. The van der Waals surface area contributed by atoms with Crippen molar-refractivity contribution in [2.24, 2.45) is 10.7 Å². The Balaban J connectivity index is 1.90. The minimum Gasteiger partial charge on any atom is -0.494 e. The fourth-order valence-electron chi connectivity index (χ4n) is 2.07. The Hall–Kier alpha value is -2.49. The Bertz CT molecular complexity index is 635. The van der Waals surface area contributed by atoms with Crippen LogP contribution in [0.4, 0.5) is 5.69 Å². The number of nitrogens with two attached hydrogens (primary N) is 1. The van der Waals surface area contributed by atoms with Gasteiger partial charge in [-0.05, 0) is 43.2 Å². The summed E-state index contributed by atoms with van der Waals surface area (Å²) in [5.41, 5.74) is 9.16. The van der Waals surface area contributed by atoms with Gasteiger partial charge in [0.2, 0.25) is 0 Å². The third-order valence-electron chi connectivity index (χ3n) is 3.42. The fourth-order valence-corrected chi connectivity index (χ4v) is 2.07. The van der Waals surface area contributed by atoms with Gasteiger partial charge in [-0.15, -0.1) is 0 Å². The van der Waals surface area contributed by atoms with Crippen molar-refractivity contribution in [3.05, 3.63) is 59.7 Å². The topological polar surface area (TPSA) is 59.6 Å². The summed E-state index contributed by atoms with van der Waals surface area (Å²) in [4.78, 5) is 4.38. The van der Waals surface area contributed by atoms with E-state index in [2.05, 4.69) is 24.2 Å². The molecule has 0 bridgehead atoms. The zero-order valence-electron chi connectivity index (χ0n) is 13.9. The van der Waals surface area contributed by atoms with E-state index in [1.165, 1.54) is 5.56 Å².